The number of carboxylic acid groups (broad SMARTS) is 1. The zero-order valence-corrected chi connectivity index (χ0v) is 10.5. The zero-order chi connectivity index (χ0) is 12.9. The molecule has 0 saturated heterocycles. The largest absolute Gasteiger partial charge is 0.478 e. The summed E-state index contributed by atoms with van der Waals surface area (Å²) < 4.78 is 9.79. The van der Waals surface area contributed by atoms with Crippen LogP contribution in [0.5, 0.6) is 0 Å². The second kappa shape index (κ2) is 5.70. The summed E-state index contributed by atoms with van der Waals surface area (Å²) in [5.41, 5.74) is -2.27. The highest BCUT2D eigenvalue weighted by Crippen LogP contribution is 2.30. The van der Waals surface area contributed by atoms with E-state index in [1.54, 1.807) is 0 Å². The van der Waals surface area contributed by atoms with Gasteiger partial charge in [0.2, 0.25) is 0 Å². The van der Waals surface area contributed by atoms with Gasteiger partial charge in [0.15, 0.2) is 11.5 Å². The monoisotopic (exact) mass is 302 g/mol. The molecule has 0 aromatic carbocycles. The maximum absolute atomic E-state index is 11.0. The lowest BCUT2D eigenvalue weighted by atomic mass is 9.98. The molecule has 2 rings (SSSR count). The summed E-state index contributed by atoms with van der Waals surface area (Å²) in [6, 6.07) is 5.73. The summed E-state index contributed by atoms with van der Waals surface area (Å²) in [6.07, 6.45) is 2.57. The van der Waals surface area contributed by atoms with E-state index in [9.17, 15) is 9.90 Å². The van der Waals surface area contributed by atoms with Gasteiger partial charge in [-0.3, -0.25) is 0 Å². The highest BCUT2D eigenvalue weighted by Gasteiger charge is 2.45. The SMILES string of the molecule is CBr.O=C(O)C(O)(c1ccco1)c1ccco1. The Hall–Kier alpha value is -1.53. The highest BCUT2D eigenvalue weighted by atomic mass is 79.9. The number of rotatable bonds is 3. The molecule has 6 heteroatoms. The van der Waals surface area contributed by atoms with E-state index in [0.717, 1.165) is 0 Å². The summed E-state index contributed by atoms with van der Waals surface area (Å²) in [7, 11) is 0. The zero-order valence-electron chi connectivity index (χ0n) is 8.96. The van der Waals surface area contributed by atoms with Gasteiger partial charge in [-0.25, -0.2) is 4.79 Å². The summed E-state index contributed by atoms with van der Waals surface area (Å²) in [6.45, 7) is 0. The van der Waals surface area contributed by atoms with Crippen molar-refractivity contribution in [1.29, 1.82) is 0 Å². The summed E-state index contributed by atoms with van der Waals surface area (Å²) in [5, 5.41) is 19.0. The van der Waals surface area contributed by atoms with Gasteiger partial charge in [-0.2, -0.15) is 0 Å². The first-order valence-corrected chi connectivity index (χ1v) is 6.16. The fraction of sp³-hybridized carbons (Fsp3) is 0.182. The molecular weight excluding hydrogens is 292 g/mol. The molecule has 0 fully saturated rings. The smallest absolute Gasteiger partial charge is 0.352 e. The second-order valence-corrected chi connectivity index (χ2v) is 2.97. The lowest BCUT2D eigenvalue weighted by molar-refractivity contribution is -0.158. The Bertz CT molecular complexity index is 412. The quantitative estimate of drug-likeness (QED) is 0.849. The van der Waals surface area contributed by atoms with E-state index in [4.69, 9.17) is 13.9 Å². The van der Waals surface area contributed by atoms with Crippen LogP contribution in [0.15, 0.2) is 45.6 Å². The molecule has 0 saturated carbocycles. The number of carbonyl (C=O) groups is 1. The van der Waals surface area contributed by atoms with E-state index in [1.165, 1.54) is 36.8 Å². The number of halogens is 1. The van der Waals surface area contributed by atoms with Gasteiger partial charge in [0.1, 0.15) is 0 Å². The number of carboxylic acids is 1. The van der Waals surface area contributed by atoms with E-state index in [0.29, 0.717) is 0 Å². The first kappa shape index (κ1) is 13.5. The normalized spacial score (nSPS) is 10.5. The molecule has 2 aromatic rings. The topological polar surface area (TPSA) is 83.8 Å². The van der Waals surface area contributed by atoms with Gasteiger partial charge in [0.05, 0.1) is 12.5 Å². The van der Waals surface area contributed by atoms with Gasteiger partial charge in [0.25, 0.3) is 5.60 Å². The van der Waals surface area contributed by atoms with E-state index >= 15 is 0 Å². The van der Waals surface area contributed by atoms with Crippen LogP contribution in [0, 0.1) is 0 Å². The molecule has 0 amide bonds. The summed E-state index contributed by atoms with van der Waals surface area (Å²) in [5.74, 6) is 0.176. The van der Waals surface area contributed by atoms with Crippen LogP contribution in [0.2, 0.25) is 0 Å². The molecule has 5 nitrogen and oxygen atoms in total. The van der Waals surface area contributed by atoms with Crippen molar-refractivity contribution in [2.45, 2.75) is 5.60 Å². The minimum atomic E-state index is -2.27. The molecule has 0 aliphatic carbocycles. The van der Waals surface area contributed by atoms with E-state index < -0.39 is 11.6 Å². The van der Waals surface area contributed by atoms with Crippen LogP contribution in [0.25, 0.3) is 0 Å². The Morgan fingerprint density at radius 1 is 1.18 bits per heavy atom. The van der Waals surface area contributed by atoms with Crippen molar-refractivity contribution >= 4 is 21.9 Å². The van der Waals surface area contributed by atoms with Gasteiger partial charge in [-0.05, 0) is 30.1 Å². The van der Waals surface area contributed by atoms with Crippen LogP contribution in [-0.2, 0) is 10.4 Å². The van der Waals surface area contributed by atoms with Crippen molar-refractivity contribution in [1.82, 2.24) is 0 Å². The lowest BCUT2D eigenvalue weighted by Gasteiger charge is -2.17. The molecule has 0 radical (unpaired) electrons. The molecule has 17 heavy (non-hydrogen) atoms. The number of hydrogen-bond acceptors (Lipinski definition) is 4. The second-order valence-electron chi connectivity index (χ2n) is 2.97. The Morgan fingerprint density at radius 3 is 1.82 bits per heavy atom. The average Bonchev–Trinajstić information content (AvgIpc) is 3.03. The van der Waals surface area contributed by atoms with Crippen molar-refractivity contribution in [2.75, 3.05) is 5.83 Å². The molecule has 0 aliphatic rings. The van der Waals surface area contributed by atoms with Crippen LogP contribution >= 0.6 is 15.9 Å². The Balaban J connectivity index is 0.000000686. The number of aliphatic hydroxyl groups is 1. The predicted molar refractivity (Wildman–Crippen MR) is 62.9 cm³/mol. The Morgan fingerprint density at radius 2 is 1.59 bits per heavy atom. The minimum Gasteiger partial charge on any atom is -0.478 e. The van der Waals surface area contributed by atoms with Gasteiger partial charge < -0.3 is 19.0 Å². The number of hydrogen-bond donors (Lipinski definition) is 2. The molecule has 0 spiro atoms. The fourth-order valence-electron chi connectivity index (χ4n) is 1.30. The lowest BCUT2D eigenvalue weighted by Crippen LogP contribution is -2.35. The standard InChI is InChI=1S/C10H8O5.CH3Br/c11-9(12)10(13,7-3-1-5-14-7)8-4-2-6-15-8;1-2/h1-6,13H,(H,11,12);1H3. The van der Waals surface area contributed by atoms with Gasteiger partial charge >= 0.3 is 5.97 Å². The van der Waals surface area contributed by atoms with Crippen LogP contribution in [0.1, 0.15) is 11.5 Å². The third-order valence-corrected chi connectivity index (χ3v) is 2.07. The van der Waals surface area contributed by atoms with Crippen LogP contribution in [-0.4, -0.2) is 22.0 Å². The van der Waals surface area contributed by atoms with Crippen molar-refractivity contribution < 1.29 is 23.8 Å². The average molecular weight is 303 g/mol. The Labute approximate surface area is 106 Å². The minimum absolute atomic E-state index is 0.0926. The molecule has 2 heterocycles. The highest BCUT2D eigenvalue weighted by molar-refractivity contribution is 9.08. The van der Waals surface area contributed by atoms with E-state index in [1.807, 2.05) is 5.83 Å². The molecule has 0 atom stereocenters. The molecule has 0 bridgehead atoms. The van der Waals surface area contributed by atoms with Crippen LogP contribution in [0.4, 0.5) is 0 Å². The van der Waals surface area contributed by atoms with E-state index in [-0.39, 0.29) is 11.5 Å². The molecule has 2 N–H and O–H groups in total. The molecule has 92 valence electrons. The third kappa shape index (κ3) is 2.42. The molecular formula is C11H11BrO5. The van der Waals surface area contributed by atoms with Crippen molar-refractivity contribution in [2.24, 2.45) is 0 Å². The molecule has 0 aliphatic heterocycles. The van der Waals surface area contributed by atoms with Gasteiger partial charge in [0, 0.05) is 0 Å². The first-order valence-electron chi connectivity index (χ1n) is 4.57. The summed E-state index contributed by atoms with van der Waals surface area (Å²) >= 11 is 2.94. The van der Waals surface area contributed by atoms with Crippen LogP contribution in [0.3, 0.4) is 0 Å². The predicted octanol–water partition coefficient (Wildman–Crippen LogP) is 2.20. The van der Waals surface area contributed by atoms with Crippen molar-refractivity contribution in [3.63, 3.8) is 0 Å². The van der Waals surface area contributed by atoms with E-state index in [2.05, 4.69) is 15.9 Å². The number of furan rings is 2. The number of aliphatic carboxylic acids is 1. The molecule has 0 unspecified atom stereocenters. The van der Waals surface area contributed by atoms with Gasteiger partial charge in [-0.1, -0.05) is 15.9 Å². The molecule has 2 aromatic heterocycles. The maximum Gasteiger partial charge on any atom is 0.352 e. The summed E-state index contributed by atoms with van der Waals surface area (Å²) in [4.78, 5) is 11.0. The maximum atomic E-state index is 11.0. The Kier molecular flexibility index (Phi) is 4.53. The fourth-order valence-corrected chi connectivity index (χ4v) is 1.30. The van der Waals surface area contributed by atoms with Crippen molar-refractivity contribution in [3.05, 3.63) is 48.3 Å². The van der Waals surface area contributed by atoms with Crippen molar-refractivity contribution in [3.8, 4) is 0 Å². The first-order chi connectivity index (χ1) is 8.15. The third-order valence-electron chi connectivity index (χ3n) is 2.07. The van der Waals surface area contributed by atoms with Gasteiger partial charge in [-0.15, -0.1) is 0 Å². The van der Waals surface area contributed by atoms with Crippen LogP contribution < -0.4 is 0 Å². The number of alkyl halides is 1.